The molecule has 0 aliphatic rings. The van der Waals surface area contributed by atoms with Gasteiger partial charge in [0.1, 0.15) is 11.9 Å². The molecule has 1 amide bonds. The summed E-state index contributed by atoms with van der Waals surface area (Å²) in [5.74, 6) is 0.369. The third-order valence-corrected chi connectivity index (χ3v) is 6.74. The first-order valence-corrected chi connectivity index (χ1v) is 10.9. The van der Waals surface area contributed by atoms with Gasteiger partial charge in [-0.25, -0.2) is 8.42 Å². The second-order valence-electron chi connectivity index (χ2n) is 6.29. The van der Waals surface area contributed by atoms with Crippen LogP contribution in [0.1, 0.15) is 35.9 Å². The van der Waals surface area contributed by atoms with Gasteiger partial charge in [-0.3, -0.25) is 4.79 Å². The Kier molecular flexibility index (Phi) is 8.19. The summed E-state index contributed by atoms with van der Waals surface area (Å²) >= 11 is 0. The smallest absolute Gasteiger partial charge is 0.251 e. The molecule has 2 aromatic rings. The van der Waals surface area contributed by atoms with Crippen molar-refractivity contribution in [3.63, 3.8) is 0 Å². The van der Waals surface area contributed by atoms with Gasteiger partial charge in [0.05, 0.1) is 12.0 Å². The van der Waals surface area contributed by atoms with Crippen LogP contribution < -0.4 is 10.1 Å². The first-order valence-electron chi connectivity index (χ1n) is 9.43. The second kappa shape index (κ2) is 10.4. The van der Waals surface area contributed by atoms with Gasteiger partial charge in [0.15, 0.2) is 0 Å². The van der Waals surface area contributed by atoms with Crippen molar-refractivity contribution in [2.45, 2.75) is 24.8 Å². The molecule has 29 heavy (non-hydrogen) atoms. The van der Waals surface area contributed by atoms with Gasteiger partial charge in [-0.05, 0) is 30.3 Å². The van der Waals surface area contributed by atoms with E-state index in [1.54, 1.807) is 28.1 Å². The normalized spacial score (nSPS) is 12.6. The molecule has 0 bridgehead atoms. The molecule has 0 radical (unpaired) electrons. The van der Waals surface area contributed by atoms with Crippen molar-refractivity contribution in [1.29, 1.82) is 0 Å². The fraction of sp³-hybridized carbons (Fsp3) is 0.381. The third-order valence-electron chi connectivity index (χ3n) is 4.68. The Morgan fingerprint density at radius 3 is 2.21 bits per heavy atom. The molecule has 0 aliphatic carbocycles. The van der Waals surface area contributed by atoms with E-state index < -0.39 is 10.0 Å². The predicted molar refractivity (Wildman–Crippen MR) is 112 cm³/mol. The monoisotopic (exact) mass is 420 g/mol. The van der Waals surface area contributed by atoms with Crippen LogP contribution in [-0.2, 0) is 14.8 Å². The number of sulfonamides is 1. The number of amides is 1. The minimum Gasteiger partial charge on any atom is -0.496 e. The van der Waals surface area contributed by atoms with Gasteiger partial charge in [0.25, 0.3) is 5.91 Å². The predicted octanol–water partition coefficient (Wildman–Crippen LogP) is 2.84. The Morgan fingerprint density at radius 1 is 1.03 bits per heavy atom. The van der Waals surface area contributed by atoms with Crippen LogP contribution in [0.2, 0.25) is 0 Å². The van der Waals surface area contributed by atoms with E-state index in [0.29, 0.717) is 24.4 Å². The van der Waals surface area contributed by atoms with Crippen molar-refractivity contribution in [1.82, 2.24) is 9.62 Å². The molecule has 0 heterocycles. The summed E-state index contributed by atoms with van der Waals surface area (Å²) in [7, 11) is -0.402. The van der Waals surface area contributed by atoms with Crippen LogP contribution in [-0.4, -0.2) is 52.5 Å². The first kappa shape index (κ1) is 22.9. The molecule has 2 aromatic carbocycles. The molecular weight excluding hydrogens is 392 g/mol. The number of benzene rings is 2. The summed E-state index contributed by atoms with van der Waals surface area (Å²) in [6, 6.07) is 13.4. The van der Waals surface area contributed by atoms with E-state index in [9.17, 15) is 13.2 Å². The molecular formula is C21H28N2O5S. The first-order chi connectivity index (χ1) is 13.9. The maximum absolute atomic E-state index is 12.5. The standard InChI is InChI=1S/C21H28N2O5S/c1-5-23(6-2)29(25,26)17-13-11-16(12-14-17)21(24)22-15-20(28-4)18-9-7-8-10-19(18)27-3/h7-14,20H,5-6,15H2,1-4H3,(H,22,24). The second-order valence-corrected chi connectivity index (χ2v) is 8.23. The zero-order valence-electron chi connectivity index (χ0n) is 17.2. The summed E-state index contributed by atoms with van der Waals surface area (Å²) in [6.07, 6.45) is -0.377. The largest absolute Gasteiger partial charge is 0.496 e. The number of para-hydroxylation sites is 1. The minimum atomic E-state index is -3.55. The molecule has 0 saturated carbocycles. The fourth-order valence-corrected chi connectivity index (χ4v) is 4.49. The van der Waals surface area contributed by atoms with Crippen LogP contribution >= 0.6 is 0 Å². The number of carbonyl (C=O) groups excluding carboxylic acids is 1. The van der Waals surface area contributed by atoms with E-state index >= 15 is 0 Å². The Labute approximate surface area is 172 Å². The van der Waals surface area contributed by atoms with Gasteiger partial charge >= 0.3 is 0 Å². The van der Waals surface area contributed by atoms with Crippen molar-refractivity contribution >= 4 is 15.9 Å². The van der Waals surface area contributed by atoms with Crippen molar-refractivity contribution in [2.75, 3.05) is 33.9 Å². The summed E-state index contributed by atoms with van der Waals surface area (Å²) in [5, 5.41) is 2.82. The lowest BCUT2D eigenvalue weighted by Gasteiger charge is -2.19. The Hall–Kier alpha value is -2.42. The molecule has 0 fully saturated rings. The molecule has 0 saturated heterocycles. The van der Waals surface area contributed by atoms with Crippen LogP contribution in [0.25, 0.3) is 0 Å². The number of nitrogens with zero attached hydrogens (tertiary/aromatic N) is 1. The summed E-state index contributed by atoms with van der Waals surface area (Å²) in [6.45, 7) is 4.60. The summed E-state index contributed by atoms with van der Waals surface area (Å²) in [4.78, 5) is 12.7. The van der Waals surface area contributed by atoms with Gasteiger partial charge in [0, 0.05) is 37.9 Å². The number of ether oxygens (including phenoxy) is 2. The highest BCUT2D eigenvalue weighted by atomic mass is 32.2. The molecule has 1 atom stereocenters. The Morgan fingerprint density at radius 2 is 1.66 bits per heavy atom. The molecule has 8 heteroatoms. The molecule has 158 valence electrons. The van der Waals surface area contributed by atoms with Gasteiger partial charge in [-0.2, -0.15) is 4.31 Å². The van der Waals surface area contributed by atoms with Gasteiger partial charge in [0.2, 0.25) is 10.0 Å². The molecule has 0 aromatic heterocycles. The fourth-order valence-electron chi connectivity index (χ4n) is 3.03. The van der Waals surface area contributed by atoms with Gasteiger partial charge in [-0.1, -0.05) is 32.0 Å². The van der Waals surface area contributed by atoms with E-state index in [2.05, 4.69) is 5.32 Å². The molecule has 2 rings (SSSR count). The van der Waals surface area contributed by atoms with E-state index in [-0.39, 0.29) is 23.5 Å². The maximum Gasteiger partial charge on any atom is 0.251 e. The number of nitrogens with one attached hydrogen (secondary N) is 1. The van der Waals surface area contributed by atoms with Crippen LogP contribution in [0.3, 0.4) is 0 Å². The quantitative estimate of drug-likeness (QED) is 0.639. The lowest BCUT2D eigenvalue weighted by Crippen LogP contribution is -2.31. The van der Waals surface area contributed by atoms with Crippen LogP contribution in [0.5, 0.6) is 5.75 Å². The number of hydrogen-bond donors (Lipinski definition) is 1. The number of methoxy groups -OCH3 is 2. The molecule has 1 N–H and O–H groups in total. The lowest BCUT2D eigenvalue weighted by molar-refractivity contribution is 0.0819. The molecule has 1 unspecified atom stereocenters. The molecule has 0 spiro atoms. The van der Waals surface area contributed by atoms with E-state index in [4.69, 9.17) is 9.47 Å². The van der Waals surface area contributed by atoms with Crippen LogP contribution in [0, 0.1) is 0 Å². The Bertz CT molecular complexity index is 909. The third kappa shape index (κ3) is 5.35. The minimum absolute atomic E-state index is 0.168. The summed E-state index contributed by atoms with van der Waals surface area (Å²) in [5.41, 5.74) is 1.21. The molecule has 7 nitrogen and oxygen atoms in total. The van der Waals surface area contributed by atoms with Gasteiger partial charge < -0.3 is 14.8 Å². The average molecular weight is 421 g/mol. The van der Waals surface area contributed by atoms with Crippen molar-refractivity contribution in [2.24, 2.45) is 0 Å². The van der Waals surface area contributed by atoms with E-state index in [1.807, 2.05) is 24.3 Å². The zero-order valence-corrected chi connectivity index (χ0v) is 18.0. The maximum atomic E-state index is 12.5. The lowest BCUT2D eigenvalue weighted by atomic mass is 10.1. The highest BCUT2D eigenvalue weighted by Crippen LogP contribution is 2.26. The van der Waals surface area contributed by atoms with Crippen LogP contribution in [0.15, 0.2) is 53.4 Å². The SMILES string of the molecule is CCN(CC)S(=O)(=O)c1ccc(C(=O)NCC(OC)c2ccccc2OC)cc1. The van der Waals surface area contributed by atoms with Gasteiger partial charge in [-0.15, -0.1) is 0 Å². The highest BCUT2D eigenvalue weighted by molar-refractivity contribution is 7.89. The van der Waals surface area contributed by atoms with E-state index in [1.165, 1.54) is 28.6 Å². The topological polar surface area (TPSA) is 84.9 Å². The van der Waals surface area contributed by atoms with Crippen molar-refractivity contribution in [3.05, 3.63) is 59.7 Å². The zero-order chi connectivity index (χ0) is 21.4. The average Bonchev–Trinajstić information content (AvgIpc) is 2.75. The number of carbonyl (C=O) groups is 1. The van der Waals surface area contributed by atoms with Crippen LogP contribution in [0.4, 0.5) is 0 Å². The highest BCUT2D eigenvalue weighted by Gasteiger charge is 2.22. The number of hydrogen-bond acceptors (Lipinski definition) is 5. The Balaban J connectivity index is 2.09. The number of rotatable bonds is 10. The summed E-state index contributed by atoms with van der Waals surface area (Å²) < 4.78 is 37.3. The van der Waals surface area contributed by atoms with E-state index in [0.717, 1.165) is 5.56 Å². The van der Waals surface area contributed by atoms with Crippen molar-refractivity contribution < 1.29 is 22.7 Å². The molecule has 0 aliphatic heterocycles. The van der Waals surface area contributed by atoms with Crippen molar-refractivity contribution in [3.8, 4) is 5.75 Å².